The van der Waals surface area contributed by atoms with Crippen molar-refractivity contribution in [2.24, 2.45) is 17.8 Å². The lowest BCUT2D eigenvalue weighted by molar-refractivity contribution is -0.136. The van der Waals surface area contributed by atoms with Crippen LogP contribution >= 0.6 is 11.6 Å². The number of hydrogen-bond donors (Lipinski definition) is 2. The molecule has 3 unspecified atom stereocenters. The molecule has 0 spiro atoms. The maximum absolute atomic E-state index is 15.5. The molecule has 1 saturated carbocycles. The van der Waals surface area contributed by atoms with E-state index in [2.05, 4.69) is 30.4 Å². The van der Waals surface area contributed by atoms with E-state index in [1.165, 1.54) is 6.07 Å². The van der Waals surface area contributed by atoms with Gasteiger partial charge in [-0.1, -0.05) is 11.6 Å². The van der Waals surface area contributed by atoms with Crippen LogP contribution in [0.3, 0.4) is 0 Å². The molecule has 5 aliphatic heterocycles. The number of piperidine rings is 2. The summed E-state index contributed by atoms with van der Waals surface area (Å²) in [6.45, 7) is 5.93. The number of halogens is 2. The zero-order chi connectivity index (χ0) is 41.7. The summed E-state index contributed by atoms with van der Waals surface area (Å²) in [4.78, 5) is 80.3. The number of likely N-dealkylation sites (tertiary alicyclic amines) is 1. The third kappa shape index (κ3) is 7.88. The van der Waals surface area contributed by atoms with Crippen LogP contribution in [0.2, 0.25) is 5.02 Å². The third-order valence-electron chi connectivity index (χ3n) is 13.1. The molecular formula is C43H45ClFN9O6. The number of nitrogens with zero attached hydrogens (tertiary/aromatic N) is 7. The minimum atomic E-state index is -1.10. The van der Waals surface area contributed by atoms with Gasteiger partial charge in [0.2, 0.25) is 11.8 Å². The fraction of sp³-hybridized carbons (Fsp3) is 0.488. The molecule has 9 rings (SSSR count). The number of anilines is 2. The molecule has 0 radical (unpaired) electrons. The molecule has 312 valence electrons. The summed E-state index contributed by atoms with van der Waals surface area (Å²) < 4.78 is 21.5. The summed E-state index contributed by atoms with van der Waals surface area (Å²) in [5, 5.41) is 14.8. The molecule has 15 nitrogen and oxygen atoms in total. The summed E-state index contributed by atoms with van der Waals surface area (Å²) in [5.41, 5.74) is 1.01. The molecule has 1 aliphatic carbocycles. The summed E-state index contributed by atoms with van der Waals surface area (Å²) in [5.74, 6) is -0.462. The van der Waals surface area contributed by atoms with E-state index < -0.39 is 35.5 Å². The lowest BCUT2D eigenvalue weighted by atomic mass is 9.93. The normalized spacial score (nSPS) is 25.9. The van der Waals surface area contributed by atoms with Crippen molar-refractivity contribution in [3.63, 3.8) is 0 Å². The van der Waals surface area contributed by atoms with Crippen LogP contribution in [0.5, 0.6) is 5.75 Å². The van der Waals surface area contributed by atoms with Gasteiger partial charge in [0.25, 0.3) is 17.7 Å². The van der Waals surface area contributed by atoms with E-state index in [1.54, 1.807) is 30.6 Å². The molecule has 17 heteroatoms. The van der Waals surface area contributed by atoms with Gasteiger partial charge in [-0.2, -0.15) is 5.26 Å². The molecule has 60 heavy (non-hydrogen) atoms. The van der Waals surface area contributed by atoms with Gasteiger partial charge in [0.15, 0.2) is 0 Å². The topological polar surface area (TPSA) is 181 Å². The monoisotopic (exact) mass is 837 g/mol. The highest BCUT2D eigenvalue weighted by Crippen LogP contribution is 2.37. The van der Waals surface area contributed by atoms with Crippen LogP contribution in [0, 0.1) is 34.9 Å². The van der Waals surface area contributed by atoms with Gasteiger partial charge < -0.3 is 24.8 Å². The Balaban J connectivity index is 0.709. The molecule has 1 aromatic heterocycles. The maximum Gasteiger partial charge on any atom is 0.271 e. The average molecular weight is 838 g/mol. The molecule has 6 aliphatic rings. The van der Waals surface area contributed by atoms with Crippen LogP contribution in [0.4, 0.5) is 15.9 Å². The number of rotatable bonds is 9. The van der Waals surface area contributed by atoms with Crippen molar-refractivity contribution in [3.8, 4) is 11.8 Å². The van der Waals surface area contributed by atoms with Crippen LogP contribution in [-0.4, -0.2) is 113 Å². The number of imide groups is 2. The highest BCUT2D eigenvalue weighted by molar-refractivity contribution is 6.31. The maximum atomic E-state index is 15.5. The van der Waals surface area contributed by atoms with Crippen LogP contribution in [0.25, 0.3) is 0 Å². The Morgan fingerprint density at radius 2 is 1.62 bits per heavy atom. The van der Waals surface area contributed by atoms with Crippen molar-refractivity contribution in [2.75, 3.05) is 55.6 Å². The molecule has 5 amide bonds. The van der Waals surface area contributed by atoms with E-state index in [4.69, 9.17) is 21.6 Å². The molecule has 4 saturated heterocycles. The Hall–Kier alpha value is -5.66. The SMILES string of the molecule is N#Cc1ccc(O[C@H]2CC[C@H](NC(=O)c3cnc(N4CC5CN(CC6CCN(c7cc8c(cc7F)C(=O)N(C7CCC(=O)NC7=O)C8=O)CC6)CC5C4)cn3)CC2)cc1Cl. The highest BCUT2D eigenvalue weighted by atomic mass is 35.5. The zero-order valence-electron chi connectivity index (χ0n) is 32.9. The largest absolute Gasteiger partial charge is 0.490 e. The van der Waals surface area contributed by atoms with E-state index in [-0.39, 0.29) is 47.7 Å². The quantitative estimate of drug-likeness (QED) is 0.297. The first-order valence-electron chi connectivity index (χ1n) is 20.8. The summed E-state index contributed by atoms with van der Waals surface area (Å²) >= 11 is 6.15. The number of amides is 5. The van der Waals surface area contributed by atoms with Crippen LogP contribution in [-0.2, 0) is 9.59 Å². The van der Waals surface area contributed by atoms with E-state index in [9.17, 15) is 24.0 Å². The Kier molecular flexibility index (Phi) is 10.9. The van der Waals surface area contributed by atoms with Crippen LogP contribution in [0.15, 0.2) is 42.7 Å². The standard InChI is InChI=1S/C43H45ClFN9O6/c44-33-13-30(4-1-25(33)16-46)60-29-5-2-28(3-6-29)49-40(56)35-17-48-38(18-47-35)53-22-26-20-51(21-27(26)23-53)19-24-9-11-52(12-10-24)37-15-32-31(14-34(37)45)42(58)54(43(32)59)36-7-8-39(55)50-41(36)57/h1,4,13-15,17-18,24,26-29,36H,2-3,5-12,19-23H2,(H,49,56)(H,50,55,57)/t26?,27?,28-,29-,36?. The first-order chi connectivity index (χ1) is 29.0. The van der Waals surface area contributed by atoms with Gasteiger partial charge in [-0.15, -0.1) is 0 Å². The Bertz CT molecular complexity index is 2260. The summed E-state index contributed by atoms with van der Waals surface area (Å²) in [7, 11) is 0. The number of hydrogen-bond acceptors (Lipinski definition) is 12. The van der Waals surface area contributed by atoms with Gasteiger partial charge in [-0.3, -0.25) is 34.2 Å². The fourth-order valence-electron chi connectivity index (χ4n) is 9.91. The first-order valence-corrected chi connectivity index (χ1v) is 21.2. The van der Waals surface area contributed by atoms with Crippen molar-refractivity contribution in [3.05, 3.63) is 75.9 Å². The molecule has 0 bridgehead atoms. The molecule has 6 heterocycles. The lowest BCUT2D eigenvalue weighted by Gasteiger charge is -2.35. The second kappa shape index (κ2) is 16.4. The second-order valence-corrected chi connectivity index (χ2v) is 17.4. The van der Waals surface area contributed by atoms with Gasteiger partial charge in [0.05, 0.1) is 45.9 Å². The van der Waals surface area contributed by atoms with Gasteiger partial charge in [0, 0.05) is 64.3 Å². The predicted octanol–water partition coefficient (Wildman–Crippen LogP) is 3.95. The third-order valence-corrected chi connectivity index (χ3v) is 13.4. The number of nitriles is 1. The van der Waals surface area contributed by atoms with E-state index in [1.807, 2.05) is 11.0 Å². The number of aromatic nitrogens is 2. The number of nitrogens with one attached hydrogen (secondary N) is 2. The fourth-order valence-corrected chi connectivity index (χ4v) is 10.1. The van der Waals surface area contributed by atoms with Crippen molar-refractivity contribution in [1.29, 1.82) is 5.26 Å². The minimum absolute atomic E-state index is 0.0102. The van der Waals surface area contributed by atoms with Gasteiger partial charge in [-0.25, -0.2) is 14.4 Å². The predicted molar refractivity (Wildman–Crippen MR) is 216 cm³/mol. The molecule has 3 aromatic rings. The van der Waals surface area contributed by atoms with Gasteiger partial charge in [0.1, 0.15) is 35.2 Å². The Labute approximate surface area is 351 Å². The number of fused-ring (bicyclic) bond motifs is 2. The molecule has 3 atom stereocenters. The smallest absolute Gasteiger partial charge is 0.271 e. The average Bonchev–Trinajstić information content (AvgIpc) is 3.88. The first kappa shape index (κ1) is 39.8. The van der Waals surface area contributed by atoms with E-state index >= 15 is 4.39 Å². The van der Waals surface area contributed by atoms with Gasteiger partial charge >= 0.3 is 0 Å². The zero-order valence-corrected chi connectivity index (χ0v) is 33.7. The number of carbonyl (C=O) groups is 5. The molecule has 2 aromatic carbocycles. The van der Waals surface area contributed by atoms with Gasteiger partial charge in [-0.05, 0) is 87.0 Å². The van der Waals surface area contributed by atoms with Crippen molar-refractivity contribution in [2.45, 2.75) is 69.6 Å². The molecule has 5 fully saturated rings. The van der Waals surface area contributed by atoms with E-state index in [0.29, 0.717) is 52.9 Å². The Morgan fingerprint density at radius 1 is 0.900 bits per heavy atom. The summed E-state index contributed by atoms with van der Waals surface area (Å²) in [6.07, 6.45) is 8.17. The van der Waals surface area contributed by atoms with Crippen LogP contribution in [0.1, 0.15) is 88.1 Å². The van der Waals surface area contributed by atoms with Crippen molar-refractivity contribution < 1.29 is 33.1 Å². The van der Waals surface area contributed by atoms with Crippen molar-refractivity contribution in [1.82, 2.24) is 30.4 Å². The molecular weight excluding hydrogens is 793 g/mol. The van der Waals surface area contributed by atoms with Crippen molar-refractivity contribution >= 4 is 52.6 Å². The van der Waals surface area contributed by atoms with E-state index in [0.717, 1.165) is 88.0 Å². The summed E-state index contributed by atoms with van der Waals surface area (Å²) in [6, 6.07) is 8.59. The highest BCUT2D eigenvalue weighted by Gasteiger charge is 2.46. The lowest BCUT2D eigenvalue weighted by Crippen LogP contribution is -2.54. The Morgan fingerprint density at radius 3 is 2.27 bits per heavy atom. The number of ether oxygens (including phenoxy) is 1. The van der Waals surface area contributed by atoms with Crippen LogP contribution < -0.4 is 25.2 Å². The molecule has 2 N–H and O–H groups in total. The number of benzene rings is 2. The minimum Gasteiger partial charge on any atom is -0.490 e. The number of carbonyl (C=O) groups excluding carboxylic acids is 5. The second-order valence-electron chi connectivity index (χ2n) is 16.9.